The van der Waals surface area contributed by atoms with E-state index in [0.29, 0.717) is 17.5 Å². The summed E-state index contributed by atoms with van der Waals surface area (Å²) in [7, 11) is 0. The Labute approximate surface area is 348 Å². The monoisotopic (exact) mass is 768 g/mol. The first-order chi connectivity index (χ1) is 29.7. The van der Waals surface area contributed by atoms with Crippen molar-refractivity contribution in [2.24, 2.45) is 0 Å². The van der Waals surface area contributed by atoms with Gasteiger partial charge in [0.1, 0.15) is 11.5 Å². The number of fused-ring (bicyclic) bond motifs is 2. The highest BCUT2D eigenvalue weighted by atomic mass is 16.5. The molecule has 1 aliphatic rings. The van der Waals surface area contributed by atoms with Gasteiger partial charge in [0.2, 0.25) is 0 Å². The second kappa shape index (κ2) is 15.0. The third-order valence-corrected chi connectivity index (χ3v) is 11.1. The Morgan fingerprint density at radius 2 is 0.767 bits per heavy atom. The number of hydrogen-bond acceptors (Lipinski definition) is 5. The minimum atomic E-state index is 0.559. The van der Waals surface area contributed by atoms with Gasteiger partial charge in [-0.3, -0.25) is 0 Å². The van der Waals surface area contributed by atoms with E-state index < -0.39 is 0 Å². The second-order valence-corrected chi connectivity index (χ2v) is 14.8. The van der Waals surface area contributed by atoms with Crippen LogP contribution in [0.4, 0.5) is 17.1 Å². The van der Waals surface area contributed by atoms with Gasteiger partial charge in [0.05, 0.1) is 5.56 Å². The summed E-state index contributed by atoms with van der Waals surface area (Å²) < 4.78 is 6.90. The van der Waals surface area contributed by atoms with E-state index in [0.717, 1.165) is 78.3 Å². The number of nitrogens with zero attached hydrogens (tertiary/aromatic N) is 4. The summed E-state index contributed by atoms with van der Waals surface area (Å²) in [5.41, 5.74) is 12.7. The molecule has 11 rings (SSSR count). The molecule has 0 fully saturated rings. The first kappa shape index (κ1) is 35.0. The highest BCUT2D eigenvalue weighted by molar-refractivity contribution is 6.10. The molecule has 0 aliphatic carbocycles. The molecule has 10 aromatic rings. The zero-order chi connectivity index (χ0) is 39.8. The van der Waals surface area contributed by atoms with Gasteiger partial charge in [-0.1, -0.05) is 170 Å². The lowest BCUT2D eigenvalue weighted by Crippen LogP contribution is -2.09. The maximum absolute atomic E-state index is 6.90. The van der Waals surface area contributed by atoms with E-state index in [4.69, 9.17) is 19.7 Å². The highest BCUT2D eigenvalue weighted by Crippen LogP contribution is 2.51. The van der Waals surface area contributed by atoms with Crippen LogP contribution < -0.4 is 9.64 Å². The molecule has 0 amide bonds. The average molecular weight is 769 g/mol. The number of rotatable bonds is 8. The zero-order valence-electron chi connectivity index (χ0n) is 32.5. The third kappa shape index (κ3) is 6.35. The lowest BCUT2D eigenvalue weighted by molar-refractivity contribution is 0.488. The molecule has 9 aromatic carbocycles. The number of benzene rings is 9. The SMILES string of the molecule is c1ccc(-c2ccc(N(c3ccccc3)c3ccc(-c4ccc5c6c(cccc46)-c4cccc(-c6nc(-c7ccccc7)nc(-c7ccccc7)n6)c4O5)cc3)cc2)cc1. The number of ether oxygens (including phenoxy) is 1. The Balaban J connectivity index is 0.973. The van der Waals surface area contributed by atoms with Crippen LogP contribution in [0.15, 0.2) is 218 Å². The summed E-state index contributed by atoms with van der Waals surface area (Å²) in [5.74, 6) is 3.31. The zero-order valence-corrected chi connectivity index (χ0v) is 32.5. The average Bonchev–Trinajstić information content (AvgIpc) is 3.33. The summed E-state index contributed by atoms with van der Waals surface area (Å²) in [6.45, 7) is 0. The molecule has 0 saturated carbocycles. The van der Waals surface area contributed by atoms with E-state index in [1.165, 1.54) is 11.1 Å². The first-order valence-electron chi connectivity index (χ1n) is 20.1. The van der Waals surface area contributed by atoms with Crippen molar-refractivity contribution in [1.29, 1.82) is 0 Å². The van der Waals surface area contributed by atoms with Gasteiger partial charge < -0.3 is 9.64 Å². The lowest BCUT2D eigenvalue weighted by atomic mass is 9.89. The molecule has 0 unspecified atom stereocenters. The van der Waals surface area contributed by atoms with Gasteiger partial charge in [-0.05, 0) is 81.7 Å². The topological polar surface area (TPSA) is 51.1 Å². The lowest BCUT2D eigenvalue weighted by Gasteiger charge is -2.26. The van der Waals surface area contributed by atoms with Gasteiger partial charge in [0, 0.05) is 39.1 Å². The van der Waals surface area contributed by atoms with Crippen LogP contribution in [0.25, 0.3) is 78.3 Å². The van der Waals surface area contributed by atoms with E-state index in [1.807, 2.05) is 66.7 Å². The van der Waals surface area contributed by atoms with Crippen LogP contribution in [-0.4, -0.2) is 15.0 Å². The van der Waals surface area contributed by atoms with Crippen molar-refractivity contribution < 1.29 is 4.74 Å². The van der Waals surface area contributed by atoms with Gasteiger partial charge in [-0.2, -0.15) is 0 Å². The van der Waals surface area contributed by atoms with Crippen LogP contribution in [0.1, 0.15) is 0 Å². The number of para-hydroxylation sites is 2. The van der Waals surface area contributed by atoms with Crippen LogP contribution in [0, 0.1) is 0 Å². The maximum Gasteiger partial charge on any atom is 0.167 e. The van der Waals surface area contributed by atoms with Crippen molar-refractivity contribution in [1.82, 2.24) is 15.0 Å². The van der Waals surface area contributed by atoms with Gasteiger partial charge in [0.15, 0.2) is 17.5 Å². The van der Waals surface area contributed by atoms with Gasteiger partial charge in [-0.15, -0.1) is 0 Å². The minimum Gasteiger partial charge on any atom is -0.455 e. The largest absolute Gasteiger partial charge is 0.455 e. The van der Waals surface area contributed by atoms with Crippen LogP contribution >= 0.6 is 0 Å². The predicted octanol–water partition coefficient (Wildman–Crippen LogP) is 14.6. The molecule has 282 valence electrons. The molecule has 1 aliphatic heterocycles. The molecule has 5 nitrogen and oxygen atoms in total. The molecule has 2 heterocycles. The Morgan fingerprint density at radius 1 is 0.300 bits per heavy atom. The Kier molecular flexibility index (Phi) is 8.75. The van der Waals surface area contributed by atoms with E-state index in [2.05, 4.69) is 157 Å². The molecular formula is C55H36N4O. The van der Waals surface area contributed by atoms with Gasteiger partial charge in [-0.25, -0.2) is 15.0 Å². The van der Waals surface area contributed by atoms with Crippen LogP contribution in [0.2, 0.25) is 0 Å². The number of aromatic nitrogens is 3. The molecule has 0 bridgehead atoms. The van der Waals surface area contributed by atoms with Crippen molar-refractivity contribution in [2.45, 2.75) is 0 Å². The van der Waals surface area contributed by atoms with Crippen molar-refractivity contribution in [3.05, 3.63) is 218 Å². The van der Waals surface area contributed by atoms with Crippen LogP contribution in [0.5, 0.6) is 11.5 Å². The van der Waals surface area contributed by atoms with Crippen molar-refractivity contribution in [3.8, 4) is 79.0 Å². The number of hydrogen-bond donors (Lipinski definition) is 0. The Bertz CT molecular complexity index is 3080. The van der Waals surface area contributed by atoms with Crippen molar-refractivity contribution >= 4 is 27.8 Å². The molecule has 60 heavy (non-hydrogen) atoms. The predicted molar refractivity (Wildman–Crippen MR) is 245 cm³/mol. The van der Waals surface area contributed by atoms with Gasteiger partial charge >= 0.3 is 0 Å². The number of anilines is 3. The summed E-state index contributed by atoms with van der Waals surface area (Å²) in [4.78, 5) is 17.3. The van der Waals surface area contributed by atoms with Gasteiger partial charge in [0.25, 0.3) is 0 Å². The van der Waals surface area contributed by atoms with Crippen molar-refractivity contribution in [2.75, 3.05) is 4.90 Å². The summed E-state index contributed by atoms with van der Waals surface area (Å²) in [6.07, 6.45) is 0. The second-order valence-electron chi connectivity index (χ2n) is 14.8. The Hall–Kier alpha value is -8.15. The minimum absolute atomic E-state index is 0.559. The van der Waals surface area contributed by atoms with Crippen molar-refractivity contribution in [3.63, 3.8) is 0 Å². The van der Waals surface area contributed by atoms with E-state index in [-0.39, 0.29) is 0 Å². The molecule has 1 aromatic heterocycles. The third-order valence-electron chi connectivity index (χ3n) is 11.1. The van der Waals surface area contributed by atoms with E-state index in [1.54, 1.807) is 0 Å². The summed E-state index contributed by atoms with van der Waals surface area (Å²) in [5, 5.41) is 2.21. The molecule has 0 radical (unpaired) electrons. The smallest absolute Gasteiger partial charge is 0.167 e. The fourth-order valence-corrected chi connectivity index (χ4v) is 8.26. The molecule has 0 saturated heterocycles. The van der Waals surface area contributed by atoms with E-state index >= 15 is 0 Å². The Morgan fingerprint density at radius 3 is 1.38 bits per heavy atom. The molecule has 5 heteroatoms. The molecule has 0 spiro atoms. The summed E-state index contributed by atoms with van der Waals surface area (Å²) in [6, 6.07) is 75.8. The first-order valence-corrected chi connectivity index (χ1v) is 20.1. The standard InChI is InChI=1S/C55H36N4O/c1-5-15-37(16-6-1)38-27-31-43(32-28-38)59(42-21-11-4-12-22-42)44-33-29-39(30-34-44)45-35-36-50-51-46(45)23-13-24-47(51)48-25-14-26-49(52(48)60-50)55-57-53(40-17-7-2-8-18-40)56-54(58-55)41-19-9-3-10-20-41/h1-36H. The highest BCUT2D eigenvalue weighted by Gasteiger charge is 2.26. The maximum atomic E-state index is 6.90. The van der Waals surface area contributed by atoms with Crippen LogP contribution in [0.3, 0.4) is 0 Å². The van der Waals surface area contributed by atoms with E-state index in [9.17, 15) is 0 Å². The fraction of sp³-hybridized carbons (Fsp3) is 0. The van der Waals surface area contributed by atoms with Crippen LogP contribution in [-0.2, 0) is 0 Å². The normalized spacial score (nSPS) is 11.5. The molecule has 0 N–H and O–H groups in total. The summed E-state index contributed by atoms with van der Waals surface area (Å²) >= 11 is 0. The quantitative estimate of drug-likeness (QED) is 0.154. The fourth-order valence-electron chi connectivity index (χ4n) is 8.26. The molecule has 0 atom stereocenters. The molecular weight excluding hydrogens is 733 g/mol.